The van der Waals surface area contributed by atoms with Crippen LogP contribution in [0.4, 0.5) is 0 Å². The largest absolute Gasteiger partial charge is 0.486 e. The monoisotopic (exact) mass is 290 g/mol. The Kier molecular flexibility index (Phi) is 3.74. The Bertz CT molecular complexity index is 596. The average molecular weight is 290 g/mol. The SMILES string of the molecule is Cc1cc(OC2CN(C(=O)C3CCCC3)C2)cc(=O)n1C. The molecule has 5 nitrogen and oxygen atoms in total. The standard InChI is InChI=1S/C16H22N2O3/c1-11-7-13(8-15(19)17(11)2)21-14-9-18(10-14)16(20)12-5-3-4-6-12/h7-8,12,14H,3-6,9-10H2,1-2H3. The van der Waals surface area contributed by atoms with Gasteiger partial charge in [-0.15, -0.1) is 0 Å². The number of amides is 1. The van der Waals surface area contributed by atoms with Gasteiger partial charge in [-0.25, -0.2) is 0 Å². The van der Waals surface area contributed by atoms with E-state index in [0.29, 0.717) is 18.8 Å². The van der Waals surface area contributed by atoms with E-state index in [1.54, 1.807) is 11.6 Å². The van der Waals surface area contributed by atoms with Crippen LogP contribution in [0.1, 0.15) is 31.4 Å². The van der Waals surface area contributed by atoms with Gasteiger partial charge in [0.2, 0.25) is 5.91 Å². The second-order valence-electron chi connectivity index (χ2n) is 6.19. The van der Waals surface area contributed by atoms with Crippen molar-refractivity contribution in [3.05, 3.63) is 28.2 Å². The van der Waals surface area contributed by atoms with E-state index < -0.39 is 0 Å². The van der Waals surface area contributed by atoms with Crippen LogP contribution in [-0.2, 0) is 11.8 Å². The number of hydrogen-bond acceptors (Lipinski definition) is 3. The molecule has 0 aromatic carbocycles. The van der Waals surface area contributed by atoms with E-state index in [1.807, 2.05) is 17.9 Å². The second-order valence-corrected chi connectivity index (χ2v) is 6.19. The van der Waals surface area contributed by atoms with E-state index in [9.17, 15) is 9.59 Å². The lowest BCUT2D eigenvalue weighted by atomic mass is 10.0. The summed E-state index contributed by atoms with van der Waals surface area (Å²) in [6, 6.07) is 3.37. The summed E-state index contributed by atoms with van der Waals surface area (Å²) in [5.41, 5.74) is 0.805. The minimum absolute atomic E-state index is 0.0156. The molecule has 1 aliphatic carbocycles. The molecule has 2 aliphatic rings. The number of aromatic nitrogens is 1. The highest BCUT2D eigenvalue weighted by Gasteiger charge is 2.36. The van der Waals surface area contributed by atoms with Crippen LogP contribution in [0.2, 0.25) is 0 Å². The number of ether oxygens (including phenoxy) is 1. The molecule has 0 spiro atoms. The summed E-state index contributed by atoms with van der Waals surface area (Å²) in [5, 5.41) is 0. The van der Waals surface area contributed by atoms with Crippen LogP contribution in [0.15, 0.2) is 16.9 Å². The van der Waals surface area contributed by atoms with Gasteiger partial charge < -0.3 is 14.2 Å². The number of carbonyl (C=O) groups excluding carboxylic acids is 1. The fraction of sp³-hybridized carbons (Fsp3) is 0.625. The number of pyridine rings is 1. The first-order chi connectivity index (χ1) is 10.0. The number of nitrogens with zero attached hydrogens (tertiary/aromatic N) is 2. The Hall–Kier alpha value is -1.78. The first-order valence-electron chi connectivity index (χ1n) is 7.67. The highest BCUT2D eigenvalue weighted by Crippen LogP contribution is 2.28. The summed E-state index contributed by atoms with van der Waals surface area (Å²) in [6.07, 6.45) is 4.44. The van der Waals surface area contributed by atoms with Crippen molar-refractivity contribution in [1.82, 2.24) is 9.47 Å². The summed E-state index contributed by atoms with van der Waals surface area (Å²) < 4.78 is 7.39. The Morgan fingerprint density at radius 3 is 2.52 bits per heavy atom. The van der Waals surface area contributed by atoms with Crippen molar-refractivity contribution in [2.24, 2.45) is 13.0 Å². The van der Waals surface area contributed by atoms with Crippen molar-refractivity contribution in [3.8, 4) is 5.75 Å². The van der Waals surface area contributed by atoms with Gasteiger partial charge in [0.25, 0.3) is 5.56 Å². The third kappa shape index (κ3) is 2.82. The van der Waals surface area contributed by atoms with Crippen molar-refractivity contribution in [3.63, 3.8) is 0 Å². The summed E-state index contributed by atoms with van der Waals surface area (Å²) in [4.78, 5) is 25.8. The van der Waals surface area contributed by atoms with E-state index in [4.69, 9.17) is 4.74 Å². The highest BCUT2D eigenvalue weighted by atomic mass is 16.5. The van der Waals surface area contributed by atoms with E-state index in [2.05, 4.69) is 0 Å². The van der Waals surface area contributed by atoms with Gasteiger partial charge in [-0.2, -0.15) is 0 Å². The predicted octanol–water partition coefficient (Wildman–Crippen LogP) is 1.47. The van der Waals surface area contributed by atoms with Crippen LogP contribution in [0.25, 0.3) is 0 Å². The van der Waals surface area contributed by atoms with Gasteiger partial charge in [0.1, 0.15) is 11.9 Å². The van der Waals surface area contributed by atoms with Gasteiger partial charge in [-0.05, 0) is 25.8 Å². The predicted molar refractivity (Wildman–Crippen MR) is 79.4 cm³/mol. The molecule has 2 fully saturated rings. The Labute approximate surface area is 124 Å². The van der Waals surface area contributed by atoms with Crippen LogP contribution in [-0.4, -0.2) is 34.6 Å². The van der Waals surface area contributed by atoms with Gasteiger partial charge in [0.15, 0.2) is 0 Å². The van der Waals surface area contributed by atoms with E-state index in [0.717, 1.165) is 18.5 Å². The maximum atomic E-state index is 12.2. The zero-order valence-electron chi connectivity index (χ0n) is 12.7. The van der Waals surface area contributed by atoms with Crippen molar-refractivity contribution >= 4 is 5.91 Å². The fourth-order valence-corrected chi connectivity index (χ4v) is 3.12. The van der Waals surface area contributed by atoms with Crippen molar-refractivity contribution in [1.29, 1.82) is 0 Å². The van der Waals surface area contributed by atoms with Gasteiger partial charge in [-0.3, -0.25) is 9.59 Å². The quantitative estimate of drug-likeness (QED) is 0.847. The van der Waals surface area contributed by atoms with Crippen LogP contribution in [0.3, 0.4) is 0 Å². The second kappa shape index (κ2) is 5.54. The highest BCUT2D eigenvalue weighted by molar-refractivity contribution is 5.80. The van der Waals surface area contributed by atoms with E-state index in [1.165, 1.54) is 18.9 Å². The third-order valence-electron chi connectivity index (χ3n) is 4.64. The molecule has 0 bridgehead atoms. The number of likely N-dealkylation sites (tertiary alicyclic amines) is 1. The Balaban J connectivity index is 1.55. The molecule has 5 heteroatoms. The van der Waals surface area contributed by atoms with E-state index in [-0.39, 0.29) is 23.5 Å². The summed E-state index contributed by atoms with van der Waals surface area (Å²) in [5.74, 6) is 1.12. The molecule has 0 radical (unpaired) electrons. The molecule has 1 saturated heterocycles. The molecule has 2 heterocycles. The van der Waals surface area contributed by atoms with E-state index >= 15 is 0 Å². The molecule has 1 aromatic rings. The fourth-order valence-electron chi connectivity index (χ4n) is 3.12. The Morgan fingerprint density at radius 2 is 1.90 bits per heavy atom. The topological polar surface area (TPSA) is 51.5 Å². The van der Waals surface area contributed by atoms with Crippen molar-refractivity contribution < 1.29 is 9.53 Å². The van der Waals surface area contributed by atoms with Gasteiger partial charge in [-0.1, -0.05) is 12.8 Å². The molecular formula is C16H22N2O3. The summed E-state index contributed by atoms with van der Waals surface area (Å²) in [7, 11) is 1.74. The Morgan fingerprint density at radius 1 is 1.24 bits per heavy atom. The molecule has 21 heavy (non-hydrogen) atoms. The number of hydrogen-bond donors (Lipinski definition) is 0. The molecule has 0 N–H and O–H groups in total. The molecule has 0 atom stereocenters. The maximum Gasteiger partial charge on any atom is 0.254 e. The lowest BCUT2D eigenvalue weighted by Crippen LogP contribution is -2.57. The van der Waals surface area contributed by atoms with Crippen molar-refractivity contribution in [2.45, 2.75) is 38.7 Å². The lowest BCUT2D eigenvalue weighted by molar-refractivity contribution is -0.144. The third-order valence-corrected chi connectivity index (χ3v) is 4.64. The minimum Gasteiger partial charge on any atom is -0.486 e. The number of aryl methyl sites for hydroxylation is 1. The molecule has 1 aromatic heterocycles. The molecule has 1 amide bonds. The van der Waals surface area contributed by atoms with Crippen LogP contribution >= 0.6 is 0 Å². The molecule has 1 aliphatic heterocycles. The lowest BCUT2D eigenvalue weighted by Gasteiger charge is -2.40. The number of rotatable bonds is 3. The summed E-state index contributed by atoms with van der Waals surface area (Å²) in [6.45, 7) is 3.16. The maximum absolute atomic E-state index is 12.2. The first kappa shape index (κ1) is 14.2. The van der Waals surface area contributed by atoms with Gasteiger partial charge >= 0.3 is 0 Å². The number of carbonyl (C=O) groups is 1. The normalized spacial score (nSPS) is 19.6. The van der Waals surface area contributed by atoms with Crippen LogP contribution in [0.5, 0.6) is 5.75 Å². The van der Waals surface area contributed by atoms with Gasteiger partial charge in [0, 0.05) is 24.7 Å². The molecule has 3 rings (SSSR count). The molecule has 1 saturated carbocycles. The molecular weight excluding hydrogens is 268 g/mol. The minimum atomic E-state index is -0.0665. The average Bonchev–Trinajstić information content (AvgIpc) is 2.93. The first-order valence-corrected chi connectivity index (χ1v) is 7.67. The molecule has 0 unspecified atom stereocenters. The zero-order valence-corrected chi connectivity index (χ0v) is 12.7. The smallest absolute Gasteiger partial charge is 0.254 e. The van der Waals surface area contributed by atoms with Crippen molar-refractivity contribution in [2.75, 3.05) is 13.1 Å². The summed E-state index contributed by atoms with van der Waals surface area (Å²) >= 11 is 0. The zero-order chi connectivity index (χ0) is 15.0. The van der Waals surface area contributed by atoms with Crippen LogP contribution < -0.4 is 10.3 Å². The van der Waals surface area contributed by atoms with Crippen LogP contribution in [0, 0.1) is 12.8 Å². The molecule has 114 valence electrons. The van der Waals surface area contributed by atoms with Gasteiger partial charge in [0.05, 0.1) is 13.1 Å².